The van der Waals surface area contributed by atoms with Crippen LogP contribution in [0.5, 0.6) is 0 Å². The van der Waals surface area contributed by atoms with E-state index in [-0.39, 0.29) is 23.0 Å². The van der Waals surface area contributed by atoms with Gasteiger partial charge in [0.1, 0.15) is 29.3 Å². The number of aromatic nitrogens is 1. The zero-order valence-electron chi connectivity index (χ0n) is 18.1. The Labute approximate surface area is 182 Å². The molecule has 31 heavy (non-hydrogen) atoms. The summed E-state index contributed by atoms with van der Waals surface area (Å²) in [5.74, 6) is 0.650. The maximum Gasteiger partial charge on any atom is 0.211 e. The van der Waals surface area contributed by atoms with Gasteiger partial charge in [0.15, 0.2) is 6.19 Å². The highest BCUT2D eigenvalue weighted by Crippen LogP contribution is 2.40. The van der Waals surface area contributed by atoms with Gasteiger partial charge in [-0.3, -0.25) is 10.2 Å². The molecule has 0 saturated heterocycles. The zero-order valence-corrected chi connectivity index (χ0v) is 18.1. The molecule has 1 aromatic heterocycles. The van der Waals surface area contributed by atoms with Gasteiger partial charge < -0.3 is 16.8 Å². The number of pyridine rings is 1. The van der Waals surface area contributed by atoms with Gasteiger partial charge in [-0.1, -0.05) is 24.3 Å². The Balaban J connectivity index is 2.10. The van der Waals surface area contributed by atoms with Crippen molar-refractivity contribution < 1.29 is 0 Å². The summed E-state index contributed by atoms with van der Waals surface area (Å²) in [4.78, 5) is 11.3. The number of nitriles is 2. The lowest BCUT2D eigenvalue weighted by molar-refractivity contribution is 0.166. The fraction of sp³-hybridized carbons (Fsp3) is 0.364. The monoisotopic (exact) mass is 417 g/mol. The Morgan fingerprint density at radius 1 is 1.19 bits per heavy atom. The molecule has 1 aliphatic rings. The molecule has 1 unspecified atom stereocenters. The average Bonchev–Trinajstić information content (AvgIpc) is 2.71. The number of fused-ring (bicyclic) bond motifs is 1. The van der Waals surface area contributed by atoms with Gasteiger partial charge in [0, 0.05) is 24.2 Å². The first-order valence-electron chi connectivity index (χ1n) is 10.1. The molecule has 9 nitrogen and oxygen atoms in total. The van der Waals surface area contributed by atoms with Crippen molar-refractivity contribution in [2.45, 2.75) is 52.4 Å². The Bertz CT molecular complexity index is 1080. The maximum absolute atomic E-state index is 9.47. The van der Waals surface area contributed by atoms with Crippen molar-refractivity contribution in [3.05, 3.63) is 46.5 Å². The number of nitrogens with one attached hydrogen (secondary N) is 2. The van der Waals surface area contributed by atoms with E-state index in [9.17, 15) is 5.26 Å². The van der Waals surface area contributed by atoms with Crippen LogP contribution in [0.1, 0.15) is 56.0 Å². The lowest BCUT2D eigenvalue weighted by Crippen LogP contribution is -2.36. The van der Waals surface area contributed by atoms with Crippen LogP contribution >= 0.6 is 0 Å². The van der Waals surface area contributed by atoms with E-state index in [4.69, 9.17) is 16.7 Å². The summed E-state index contributed by atoms with van der Waals surface area (Å²) < 4.78 is 0. The number of aliphatic imine (C=N–C) groups is 1. The number of anilines is 3. The van der Waals surface area contributed by atoms with E-state index >= 15 is 0 Å². The van der Waals surface area contributed by atoms with Crippen LogP contribution < -0.4 is 22.1 Å². The molecule has 6 N–H and O–H groups in total. The first kappa shape index (κ1) is 21.9. The minimum Gasteiger partial charge on any atom is -0.397 e. The second-order valence-electron chi connectivity index (χ2n) is 8.01. The van der Waals surface area contributed by atoms with Gasteiger partial charge in [-0.2, -0.15) is 10.5 Å². The average molecular weight is 418 g/mol. The van der Waals surface area contributed by atoms with E-state index in [0.29, 0.717) is 23.5 Å². The number of guanidine groups is 1. The molecule has 9 heteroatoms. The standard InChI is InChI=1S/C22H27N9/c1-12(2)31(13(3)4)10-14-6-5-7-15(8-14)19-17-18(25)16(9-23)20(26)29-21(17)30-22(28-19)27-11-24/h5-8,12-13,19H,10H2,1-4H3,(H6,25,26,27,28,29,30). The first-order chi connectivity index (χ1) is 14.8. The summed E-state index contributed by atoms with van der Waals surface area (Å²) >= 11 is 0. The molecule has 0 amide bonds. The van der Waals surface area contributed by atoms with E-state index in [1.165, 1.54) is 0 Å². The van der Waals surface area contributed by atoms with Gasteiger partial charge >= 0.3 is 0 Å². The van der Waals surface area contributed by atoms with E-state index in [1.807, 2.05) is 24.4 Å². The Morgan fingerprint density at radius 2 is 1.90 bits per heavy atom. The van der Waals surface area contributed by atoms with Crippen LogP contribution in [0.15, 0.2) is 29.3 Å². The lowest BCUT2D eigenvalue weighted by Gasteiger charge is -2.31. The van der Waals surface area contributed by atoms with Crippen LogP contribution in [0.25, 0.3) is 0 Å². The van der Waals surface area contributed by atoms with E-state index in [0.717, 1.165) is 17.7 Å². The predicted molar refractivity (Wildman–Crippen MR) is 122 cm³/mol. The highest BCUT2D eigenvalue weighted by molar-refractivity contribution is 5.98. The summed E-state index contributed by atoms with van der Waals surface area (Å²) in [5.41, 5.74) is 15.2. The third kappa shape index (κ3) is 4.37. The molecule has 0 radical (unpaired) electrons. The molecule has 3 rings (SSSR count). The van der Waals surface area contributed by atoms with Crippen LogP contribution in [-0.4, -0.2) is 27.9 Å². The SMILES string of the molecule is CC(C)N(Cc1cccc(C2N=C(NC#N)Nc3nc(N)c(C#N)c(N)c32)c1)C(C)C. The molecule has 1 atom stereocenters. The quantitative estimate of drug-likeness (QED) is 0.428. The first-order valence-corrected chi connectivity index (χ1v) is 10.1. The normalized spacial score (nSPS) is 15.1. The van der Waals surface area contributed by atoms with Gasteiger partial charge in [-0.15, -0.1) is 0 Å². The van der Waals surface area contributed by atoms with Crippen molar-refractivity contribution in [1.29, 1.82) is 10.5 Å². The number of nitrogen functional groups attached to an aromatic ring is 2. The lowest BCUT2D eigenvalue weighted by atomic mass is 9.94. The summed E-state index contributed by atoms with van der Waals surface area (Å²) in [6, 6.07) is 10.4. The van der Waals surface area contributed by atoms with Crippen LogP contribution in [0, 0.1) is 22.8 Å². The number of hydrogen-bond donors (Lipinski definition) is 4. The summed E-state index contributed by atoms with van der Waals surface area (Å²) in [5, 5.41) is 24.0. The smallest absolute Gasteiger partial charge is 0.211 e. The van der Waals surface area contributed by atoms with E-state index in [1.54, 1.807) is 0 Å². The van der Waals surface area contributed by atoms with Crippen LogP contribution in [-0.2, 0) is 6.54 Å². The third-order valence-electron chi connectivity index (χ3n) is 5.32. The number of hydrogen-bond acceptors (Lipinski definition) is 9. The van der Waals surface area contributed by atoms with Crippen molar-refractivity contribution in [2.75, 3.05) is 16.8 Å². The topological polar surface area (TPSA) is 152 Å². The summed E-state index contributed by atoms with van der Waals surface area (Å²) in [7, 11) is 0. The van der Waals surface area contributed by atoms with Crippen molar-refractivity contribution >= 4 is 23.3 Å². The molecule has 0 bridgehead atoms. The zero-order chi connectivity index (χ0) is 22.7. The third-order valence-corrected chi connectivity index (χ3v) is 5.32. The van der Waals surface area contributed by atoms with Gasteiger partial charge in [0.2, 0.25) is 5.96 Å². The van der Waals surface area contributed by atoms with Gasteiger partial charge in [0.05, 0.1) is 5.69 Å². The number of benzene rings is 1. The second kappa shape index (κ2) is 8.90. The van der Waals surface area contributed by atoms with Gasteiger partial charge in [0.25, 0.3) is 0 Å². The second-order valence-corrected chi connectivity index (χ2v) is 8.01. The van der Waals surface area contributed by atoms with Crippen LogP contribution in [0.2, 0.25) is 0 Å². The van der Waals surface area contributed by atoms with E-state index < -0.39 is 6.04 Å². The number of nitrogens with two attached hydrogens (primary N) is 2. The largest absolute Gasteiger partial charge is 0.397 e. The number of rotatable bonds is 5. The van der Waals surface area contributed by atoms with Crippen LogP contribution in [0.4, 0.5) is 17.3 Å². The molecule has 1 aliphatic heterocycles. The molecule has 0 spiro atoms. The van der Waals surface area contributed by atoms with Crippen molar-refractivity contribution in [3.63, 3.8) is 0 Å². The Hall–Kier alpha value is -3.82. The Morgan fingerprint density at radius 3 is 2.52 bits per heavy atom. The highest BCUT2D eigenvalue weighted by Gasteiger charge is 2.29. The molecular formula is C22H27N9. The minimum absolute atomic E-state index is 0.0291. The molecular weight excluding hydrogens is 390 g/mol. The van der Waals surface area contributed by atoms with Crippen LogP contribution in [0.3, 0.4) is 0 Å². The molecule has 2 heterocycles. The molecule has 0 aliphatic carbocycles. The van der Waals surface area contributed by atoms with E-state index in [2.05, 4.69) is 65.3 Å². The van der Waals surface area contributed by atoms with Gasteiger partial charge in [-0.25, -0.2) is 9.98 Å². The van der Waals surface area contributed by atoms with Crippen molar-refractivity contribution in [2.24, 2.45) is 4.99 Å². The van der Waals surface area contributed by atoms with Gasteiger partial charge in [-0.05, 0) is 38.8 Å². The molecule has 1 aromatic carbocycles. The maximum atomic E-state index is 9.47. The fourth-order valence-corrected chi connectivity index (χ4v) is 3.86. The fourth-order valence-electron chi connectivity index (χ4n) is 3.86. The minimum atomic E-state index is -0.543. The molecule has 0 saturated carbocycles. The molecule has 0 fully saturated rings. The molecule has 2 aromatic rings. The van der Waals surface area contributed by atoms with Crippen molar-refractivity contribution in [3.8, 4) is 12.3 Å². The number of nitrogens with zero attached hydrogens (tertiary/aromatic N) is 5. The molecule has 160 valence electrons. The highest BCUT2D eigenvalue weighted by atomic mass is 15.2. The summed E-state index contributed by atoms with van der Waals surface area (Å²) in [6.45, 7) is 9.50. The predicted octanol–water partition coefficient (Wildman–Crippen LogP) is 2.68. The Kier molecular flexibility index (Phi) is 6.28. The van der Waals surface area contributed by atoms with Crippen molar-refractivity contribution in [1.82, 2.24) is 15.2 Å². The summed E-state index contributed by atoms with van der Waals surface area (Å²) in [6.07, 6.45) is 1.86.